The standard InChI is InChI=1S/C19H26N4O/c1-6-22-16-12-13(2)8-9-15(16)17-14(3)20-23(19(24)18(17)22)11-7-10-21(4)5/h8-9,12H,6-7,10-11H2,1-5H3. The summed E-state index contributed by atoms with van der Waals surface area (Å²) < 4.78 is 3.77. The van der Waals surface area contributed by atoms with Gasteiger partial charge in [0.1, 0.15) is 5.52 Å². The van der Waals surface area contributed by atoms with E-state index in [1.165, 1.54) is 5.56 Å². The fraction of sp³-hybridized carbons (Fsp3) is 0.474. The Bertz CT molecular complexity index is 950. The van der Waals surface area contributed by atoms with Crippen LogP contribution in [-0.4, -0.2) is 39.9 Å². The van der Waals surface area contributed by atoms with E-state index in [9.17, 15) is 4.79 Å². The molecule has 5 nitrogen and oxygen atoms in total. The number of hydrogen-bond acceptors (Lipinski definition) is 3. The minimum atomic E-state index is 0.0186. The number of nitrogens with zero attached hydrogens (tertiary/aromatic N) is 4. The Balaban J connectivity index is 2.24. The molecule has 3 aromatic rings. The van der Waals surface area contributed by atoms with Gasteiger partial charge in [-0.2, -0.15) is 5.10 Å². The molecule has 24 heavy (non-hydrogen) atoms. The molecule has 0 N–H and O–H groups in total. The van der Waals surface area contributed by atoms with Crippen molar-refractivity contribution in [3.8, 4) is 0 Å². The molecular formula is C19H26N4O. The quantitative estimate of drug-likeness (QED) is 0.724. The Kier molecular flexibility index (Phi) is 4.45. The zero-order valence-corrected chi connectivity index (χ0v) is 15.3. The molecule has 3 rings (SSSR count). The molecule has 0 amide bonds. The summed E-state index contributed by atoms with van der Waals surface area (Å²) in [5.74, 6) is 0. The topological polar surface area (TPSA) is 43.1 Å². The van der Waals surface area contributed by atoms with E-state index in [4.69, 9.17) is 0 Å². The van der Waals surface area contributed by atoms with Crippen molar-refractivity contribution in [2.45, 2.75) is 40.3 Å². The molecule has 0 radical (unpaired) electrons. The zero-order valence-electron chi connectivity index (χ0n) is 15.3. The lowest BCUT2D eigenvalue weighted by atomic mass is 10.1. The summed E-state index contributed by atoms with van der Waals surface area (Å²) in [6.07, 6.45) is 0.913. The highest BCUT2D eigenvalue weighted by atomic mass is 16.1. The largest absolute Gasteiger partial charge is 0.336 e. The van der Waals surface area contributed by atoms with Crippen molar-refractivity contribution >= 4 is 21.8 Å². The van der Waals surface area contributed by atoms with E-state index < -0.39 is 0 Å². The average molecular weight is 326 g/mol. The summed E-state index contributed by atoms with van der Waals surface area (Å²) in [5, 5.41) is 6.72. The molecule has 128 valence electrons. The highest BCUT2D eigenvalue weighted by molar-refractivity contribution is 6.09. The van der Waals surface area contributed by atoms with Crippen LogP contribution in [0, 0.1) is 13.8 Å². The van der Waals surface area contributed by atoms with Crippen LogP contribution >= 0.6 is 0 Å². The summed E-state index contributed by atoms with van der Waals surface area (Å²) >= 11 is 0. The number of fused-ring (bicyclic) bond motifs is 3. The number of aromatic nitrogens is 3. The first-order valence-corrected chi connectivity index (χ1v) is 8.59. The van der Waals surface area contributed by atoms with Crippen LogP contribution in [0.5, 0.6) is 0 Å². The van der Waals surface area contributed by atoms with Gasteiger partial charge in [0.15, 0.2) is 0 Å². The van der Waals surface area contributed by atoms with Crippen molar-refractivity contribution in [3.05, 3.63) is 39.8 Å². The van der Waals surface area contributed by atoms with E-state index in [1.54, 1.807) is 4.68 Å². The minimum absolute atomic E-state index is 0.0186. The van der Waals surface area contributed by atoms with Gasteiger partial charge in [0, 0.05) is 29.4 Å². The van der Waals surface area contributed by atoms with E-state index in [-0.39, 0.29) is 5.56 Å². The molecule has 5 heteroatoms. The molecule has 0 saturated heterocycles. The van der Waals surface area contributed by atoms with Crippen LogP contribution in [0.2, 0.25) is 0 Å². The van der Waals surface area contributed by atoms with Gasteiger partial charge in [0.25, 0.3) is 5.56 Å². The first kappa shape index (κ1) is 16.7. The monoisotopic (exact) mass is 326 g/mol. The predicted octanol–water partition coefficient (Wildman–Crippen LogP) is 2.94. The predicted molar refractivity (Wildman–Crippen MR) is 99.8 cm³/mol. The van der Waals surface area contributed by atoms with Crippen molar-refractivity contribution in [3.63, 3.8) is 0 Å². The molecular weight excluding hydrogens is 300 g/mol. The second-order valence-corrected chi connectivity index (χ2v) is 6.76. The lowest BCUT2D eigenvalue weighted by Gasteiger charge is -2.11. The van der Waals surface area contributed by atoms with Gasteiger partial charge in [-0.1, -0.05) is 12.1 Å². The van der Waals surface area contributed by atoms with Crippen molar-refractivity contribution in [1.29, 1.82) is 0 Å². The molecule has 0 aliphatic heterocycles. The third-order valence-corrected chi connectivity index (χ3v) is 4.58. The Labute approximate surface area is 142 Å². The molecule has 0 aliphatic rings. The normalized spacial score (nSPS) is 11.9. The number of rotatable bonds is 5. The first-order valence-electron chi connectivity index (χ1n) is 8.59. The highest BCUT2D eigenvalue weighted by Crippen LogP contribution is 2.29. The number of hydrogen-bond donors (Lipinski definition) is 0. The van der Waals surface area contributed by atoms with Crippen LogP contribution < -0.4 is 5.56 Å². The fourth-order valence-electron chi connectivity index (χ4n) is 3.46. The molecule has 1 aromatic carbocycles. The van der Waals surface area contributed by atoms with Gasteiger partial charge in [-0.15, -0.1) is 0 Å². The number of benzene rings is 1. The molecule has 0 atom stereocenters. The van der Waals surface area contributed by atoms with Gasteiger partial charge < -0.3 is 9.47 Å². The first-order chi connectivity index (χ1) is 11.4. The minimum Gasteiger partial charge on any atom is -0.336 e. The van der Waals surface area contributed by atoms with Crippen LogP contribution in [0.1, 0.15) is 24.6 Å². The molecule has 0 bridgehead atoms. The van der Waals surface area contributed by atoms with E-state index in [1.807, 2.05) is 21.0 Å². The van der Waals surface area contributed by atoms with Gasteiger partial charge in [-0.05, 0) is 59.5 Å². The third-order valence-electron chi connectivity index (χ3n) is 4.58. The molecule has 0 aliphatic carbocycles. The SMILES string of the molecule is CCn1c2cc(C)ccc2c2c(C)nn(CCCN(C)C)c(=O)c21. The summed E-state index contributed by atoms with van der Waals surface area (Å²) in [7, 11) is 4.09. The lowest BCUT2D eigenvalue weighted by Crippen LogP contribution is -2.27. The molecule has 0 spiro atoms. The van der Waals surface area contributed by atoms with Crippen LogP contribution in [0.15, 0.2) is 23.0 Å². The second-order valence-electron chi connectivity index (χ2n) is 6.76. The van der Waals surface area contributed by atoms with Gasteiger partial charge in [-0.3, -0.25) is 4.79 Å². The van der Waals surface area contributed by atoms with Crippen LogP contribution in [0.25, 0.3) is 21.8 Å². The maximum Gasteiger partial charge on any atom is 0.291 e. The maximum absolute atomic E-state index is 13.1. The third kappa shape index (κ3) is 2.73. The summed E-state index contributed by atoms with van der Waals surface area (Å²) in [4.78, 5) is 15.2. The van der Waals surface area contributed by atoms with E-state index in [0.29, 0.717) is 6.54 Å². The molecule has 2 aromatic heterocycles. The van der Waals surface area contributed by atoms with Crippen molar-refractivity contribution in [2.24, 2.45) is 0 Å². The smallest absolute Gasteiger partial charge is 0.291 e. The van der Waals surface area contributed by atoms with Gasteiger partial charge >= 0.3 is 0 Å². The van der Waals surface area contributed by atoms with Crippen molar-refractivity contribution < 1.29 is 0 Å². The summed E-state index contributed by atoms with van der Waals surface area (Å²) in [5.41, 5.74) is 4.06. The Morgan fingerprint density at radius 1 is 1.21 bits per heavy atom. The van der Waals surface area contributed by atoms with E-state index in [0.717, 1.165) is 47.0 Å². The maximum atomic E-state index is 13.1. The summed E-state index contributed by atoms with van der Waals surface area (Å²) in [6.45, 7) is 8.55. The Hall–Kier alpha value is -2.14. The van der Waals surface area contributed by atoms with Crippen LogP contribution in [0.3, 0.4) is 0 Å². The lowest BCUT2D eigenvalue weighted by molar-refractivity contribution is 0.377. The molecule has 0 fully saturated rings. The average Bonchev–Trinajstić information content (AvgIpc) is 2.85. The van der Waals surface area contributed by atoms with Crippen LogP contribution in [0.4, 0.5) is 0 Å². The van der Waals surface area contributed by atoms with Gasteiger partial charge in [0.2, 0.25) is 0 Å². The van der Waals surface area contributed by atoms with Gasteiger partial charge in [-0.25, -0.2) is 4.68 Å². The zero-order chi connectivity index (χ0) is 17.4. The van der Waals surface area contributed by atoms with Crippen molar-refractivity contribution in [1.82, 2.24) is 19.2 Å². The molecule has 0 saturated carbocycles. The van der Waals surface area contributed by atoms with E-state index >= 15 is 0 Å². The molecule has 0 unspecified atom stereocenters. The Morgan fingerprint density at radius 2 is 1.96 bits per heavy atom. The summed E-state index contributed by atoms with van der Waals surface area (Å²) in [6, 6.07) is 6.38. The molecule has 2 heterocycles. The fourth-order valence-corrected chi connectivity index (χ4v) is 3.46. The van der Waals surface area contributed by atoms with E-state index in [2.05, 4.69) is 46.6 Å². The van der Waals surface area contributed by atoms with Gasteiger partial charge in [0.05, 0.1) is 5.69 Å². The van der Waals surface area contributed by atoms with Crippen molar-refractivity contribution in [2.75, 3.05) is 20.6 Å². The Morgan fingerprint density at radius 3 is 2.62 bits per heavy atom. The highest BCUT2D eigenvalue weighted by Gasteiger charge is 2.17. The second kappa shape index (κ2) is 6.40. The number of aryl methyl sites for hydroxylation is 4. The van der Waals surface area contributed by atoms with Crippen LogP contribution in [-0.2, 0) is 13.1 Å².